The summed E-state index contributed by atoms with van der Waals surface area (Å²) >= 11 is 0. The number of nitrogens with one attached hydrogen (secondary N) is 1. The highest BCUT2D eigenvalue weighted by Gasteiger charge is 2.28. The summed E-state index contributed by atoms with van der Waals surface area (Å²) in [5.74, 6) is 0.865. The van der Waals surface area contributed by atoms with E-state index in [1.165, 1.54) is 22.3 Å². The van der Waals surface area contributed by atoms with Crippen molar-refractivity contribution in [1.29, 1.82) is 0 Å². The molecule has 0 spiro atoms. The second kappa shape index (κ2) is 10.6. The molecule has 0 fully saturated rings. The molecular formula is C27H27NO4. The molecule has 0 saturated carbocycles. The van der Waals surface area contributed by atoms with Gasteiger partial charge in [-0.3, -0.25) is 0 Å². The number of carbonyl (C=O) groups is 1. The van der Waals surface area contributed by atoms with E-state index in [1.807, 2.05) is 60.7 Å². The lowest BCUT2D eigenvalue weighted by Crippen LogP contribution is -2.26. The molecule has 1 amide bonds. The fraction of sp³-hybridized carbons (Fsp3) is 0.222. The molecule has 4 rings (SSSR count). The number of benzene rings is 3. The smallest absolute Gasteiger partial charge is 0.407 e. The molecule has 0 radical (unpaired) electrons. The van der Waals surface area contributed by atoms with Gasteiger partial charge in [0, 0.05) is 19.6 Å². The zero-order valence-electron chi connectivity index (χ0n) is 18.1. The van der Waals surface area contributed by atoms with E-state index in [0.29, 0.717) is 26.4 Å². The molecule has 3 aromatic carbocycles. The average molecular weight is 430 g/mol. The number of alkyl carbamates (subject to hydrolysis) is 1. The van der Waals surface area contributed by atoms with Gasteiger partial charge in [-0.2, -0.15) is 0 Å². The molecule has 1 N–H and O–H groups in total. The van der Waals surface area contributed by atoms with Crippen LogP contribution < -0.4 is 10.1 Å². The molecule has 0 saturated heterocycles. The van der Waals surface area contributed by atoms with Gasteiger partial charge in [0.2, 0.25) is 0 Å². The third-order valence-corrected chi connectivity index (χ3v) is 5.45. The molecule has 1 aliphatic carbocycles. The maximum absolute atomic E-state index is 12.2. The summed E-state index contributed by atoms with van der Waals surface area (Å²) < 4.78 is 16.1. The van der Waals surface area contributed by atoms with Gasteiger partial charge in [0.1, 0.15) is 19.0 Å². The van der Waals surface area contributed by atoms with E-state index in [4.69, 9.17) is 14.2 Å². The molecule has 164 valence electrons. The van der Waals surface area contributed by atoms with Crippen molar-refractivity contribution < 1.29 is 19.0 Å². The summed E-state index contributed by atoms with van der Waals surface area (Å²) in [6.45, 7) is 1.79. The van der Waals surface area contributed by atoms with Crippen LogP contribution in [0.15, 0.2) is 78.9 Å². The highest BCUT2D eigenvalue weighted by Crippen LogP contribution is 2.44. The van der Waals surface area contributed by atoms with Gasteiger partial charge in [0.25, 0.3) is 0 Å². The average Bonchev–Trinajstić information content (AvgIpc) is 3.15. The molecule has 0 heterocycles. The first kappa shape index (κ1) is 21.7. The molecule has 0 aromatic heterocycles. The van der Waals surface area contributed by atoms with Crippen molar-refractivity contribution in [2.75, 3.05) is 33.5 Å². The molecule has 0 aliphatic heterocycles. The van der Waals surface area contributed by atoms with Crippen molar-refractivity contribution in [3.05, 3.63) is 95.6 Å². The quantitative estimate of drug-likeness (QED) is 0.471. The Labute approximate surface area is 188 Å². The number of ether oxygens (including phenoxy) is 3. The monoisotopic (exact) mass is 429 g/mol. The molecule has 5 nitrogen and oxygen atoms in total. The Morgan fingerprint density at radius 3 is 2.22 bits per heavy atom. The van der Waals surface area contributed by atoms with Crippen LogP contribution in [0.5, 0.6) is 5.75 Å². The highest BCUT2D eigenvalue weighted by molar-refractivity contribution is 5.79. The van der Waals surface area contributed by atoms with Crippen LogP contribution in [0.4, 0.5) is 4.79 Å². The molecule has 0 atom stereocenters. The summed E-state index contributed by atoms with van der Waals surface area (Å²) in [6.07, 6.45) is 3.42. The van der Waals surface area contributed by atoms with Crippen LogP contribution in [-0.4, -0.2) is 39.6 Å². The number of fused-ring (bicyclic) bond motifs is 3. The van der Waals surface area contributed by atoms with Gasteiger partial charge in [-0.05, 0) is 39.9 Å². The van der Waals surface area contributed by atoms with Crippen molar-refractivity contribution in [2.45, 2.75) is 5.92 Å². The first-order valence-corrected chi connectivity index (χ1v) is 10.7. The lowest BCUT2D eigenvalue weighted by molar-refractivity contribution is 0.144. The zero-order valence-corrected chi connectivity index (χ0v) is 18.1. The number of hydrogen-bond donors (Lipinski definition) is 1. The van der Waals surface area contributed by atoms with Gasteiger partial charge in [0.15, 0.2) is 0 Å². The van der Waals surface area contributed by atoms with E-state index in [0.717, 1.165) is 11.3 Å². The highest BCUT2D eigenvalue weighted by atomic mass is 16.5. The van der Waals surface area contributed by atoms with Crippen molar-refractivity contribution in [1.82, 2.24) is 5.32 Å². The fourth-order valence-electron chi connectivity index (χ4n) is 3.90. The van der Waals surface area contributed by atoms with Crippen molar-refractivity contribution in [3.8, 4) is 16.9 Å². The lowest BCUT2D eigenvalue weighted by Gasteiger charge is -2.14. The van der Waals surface area contributed by atoms with E-state index in [9.17, 15) is 4.79 Å². The molecule has 0 bridgehead atoms. The zero-order chi connectivity index (χ0) is 22.2. The summed E-state index contributed by atoms with van der Waals surface area (Å²) in [5.41, 5.74) is 5.87. The minimum atomic E-state index is -0.418. The predicted octanol–water partition coefficient (Wildman–Crippen LogP) is 5.26. The molecule has 0 unspecified atom stereocenters. The summed E-state index contributed by atoms with van der Waals surface area (Å²) in [5, 5.41) is 2.78. The Bertz CT molecular complexity index is 1030. The standard InChI is InChI=1S/C27H27NO4/c1-30-17-18-31-21-14-12-20(13-15-21)7-6-16-28-27(29)32-19-26-24-10-4-2-8-22(24)23-9-3-5-11-25(23)26/h2-15,26H,16-19H2,1H3,(H,28,29). The van der Waals surface area contributed by atoms with Gasteiger partial charge < -0.3 is 19.5 Å². The Morgan fingerprint density at radius 2 is 1.56 bits per heavy atom. The van der Waals surface area contributed by atoms with Crippen molar-refractivity contribution in [2.24, 2.45) is 0 Å². The van der Waals surface area contributed by atoms with Crippen molar-refractivity contribution in [3.63, 3.8) is 0 Å². The number of amides is 1. The van der Waals surface area contributed by atoms with Crippen molar-refractivity contribution >= 4 is 12.2 Å². The minimum Gasteiger partial charge on any atom is -0.491 e. The van der Waals surface area contributed by atoms with Gasteiger partial charge in [0.05, 0.1) is 6.61 Å². The topological polar surface area (TPSA) is 56.8 Å². The second-order valence-corrected chi connectivity index (χ2v) is 7.52. The second-order valence-electron chi connectivity index (χ2n) is 7.52. The van der Waals surface area contributed by atoms with Gasteiger partial charge in [-0.25, -0.2) is 4.79 Å². The van der Waals surface area contributed by atoms with Gasteiger partial charge >= 0.3 is 6.09 Å². The summed E-state index contributed by atoms with van der Waals surface area (Å²) in [6, 6.07) is 24.4. The SMILES string of the molecule is COCCOc1ccc(C=CCNC(=O)OCC2c3ccccc3-c3ccccc32)cc1. The van der Waals surface area contributed by atoms with Crippen LogP contribution >= 0.6 is 0 Å². The fourth-order valence-corrected chi connectivity index (χ4v) is 3.90. The Morgan fingerprint density at radius 1 is 0.906 bits per heavy atom. The van der Waals surface area contributed by atoms with Crippen LogP contribution in [0.3, 0.4) is 0 Å². The number of carbonyl (C=O) groups excluding carboxylic acids is 1. The molecule has 3 aromatic rings. The van der Waals surface area contributed by atoms with E-state index < -0.39 is 6.09 Å². The summed E-state index contributed by atoms with van der Waals surface area (Å²) in [7, 11) is 1.65. The first-order valence-electron chi connectivity index (χ1n) is 10.7. The van der Waals surface area contributed by atoms with Crippen LogP contribution in [0.1, 0.15) is 22.6 Å². The molecular weight excluding hydrogens is 402 g/mol. The van der Waals surface area contributed by atoms with Crippen LogP contribution in [0, 0.1) is 0 Å². The molecule has 1 aliphatic rings. The number of methoxy groups -OCH3 is 1. The van der Waals surface area contributed by atoms with E-state index in [2.05, 4.69) is 29.6 Å². The maximum atomic E-state index is 12.2. The Hall–Kier alpha value is -3.57. The lowest BCUT2D eigenvalue weighted by atomic mass is 9.98. The summed E-state index contributed by atoms with van der Waals surface area (Å²) in [4.78, 5) is 12.2. The Kier molecular flexibility index (Phi) is 7.20. The Balaban J connectivity index is 1.25. The predicted molar refractivity (Wildman–Crippen MR) is 126 cm³/mol. The third-order valence-electron chi connectivity index (χ3n) is 5.45. The van der Waals surface area contributed by atoms with Crippen LogP contribution in [-0.2, 0) is 9.47 Å². The number of rotatable bonds is 9. The normalized spacial score (nSPS) is 12.4. The molecule has 5 heteroatoms. The minimum absolute atomic E-state index is 0.0633. The van der Waals surface area contributed by atoms with E-state index >= 15 is 0 Å². The van der Waals surface area contributed by atoms with Crippen LogP contribution in [0.2, 0.25) is 0 Å². The molecule has 32 heavy (non-hydrogen) atoms. The maximum Gasteiger partial charge on any atom is 0.407 e. The van der Waals surface area contributed by atoms with E-state index in [1.54, 1.807) is 7.11 Å². The number of hydrogen-bond acceptors (Lipinski definition) is 4. The van der Waals surface area contributed by atoms with Gasteiger partial charge in [-0.15, -0.1) is 0 Å². The van der Waals surface area contributed by atoms with E-state index in [-0.39, 0.29) is 5.92 Å². The largest absolute Gasteiger partial charge is 0.491 e. The third kappa shape index (κ3) is 5.18. The first-order chi connectivity index (χ1) is 15.8. The van der Waals surface area contributed by atoms with Crippen LogP contribution in [0.25, 0.3) is 17.2 Å². The van der Waals surface area contributed by atoms with Gasteiger partial charge in [-0.1, -0.05) is 72.8 Å².